The molecule has 0 radical (unpaired) electrons. The first-order valence-corrected chi connectivity index (χ1v) is 7.96. The van der Waals surface area contributed by atoms with Crippen LogP contribution in [0.5, 0.6) is 0 Å². The number of benzene rings is 2. The number of fused-ring (bicyclic) bond motifs is 2. The number of aryl methyl sites for hydroxylation is 1. The molecule has 1 heterocycles. The van der Waals surface area contributed by atoms with E-state index in [9.17, 15) is 4.79 Å². The van der Waals surface area contributed by atoms with Crippen LogP contribution in [0.25, 0.3) is 0 Å². The van der Waals surface area contributed by atoms with Crippen molar-refractivity contribution in [2.75, 3.05) is 5.32 Å². The van der Waals surface area contributed by atoms with Gasteiger partial charge in [-0.15, -0.1) is 0 Å². The number of amides is 1. The third-order valence-electron chi connectivity index (χ3n) is 4.35. The molecule has 0 bridgehead atoms. The third-order valence-corrected chi connectivity index (χ3v) is 4.84. The Morgan fingerprint density at radius 3 is 2.90 bits per heavy atom. The lowest BCUT2D eigenvalue weighted by Crippen LogP contribution is -2.30. The molecule has 106 valence electrons. The summed E-state index contributed by atoms with van der Waals surface area (Å²) in [5, 5.41) is 6.48. The van der Waals surface area contributed by atoms with Gasteiger partial charge in [0.15, 0.2) is 0 Å². The van der Waals surface area contributed by atoms with E-state index in [1.165, 1.54) is 11.1 Å². The summed E-state index contributed by atoms with van der Waals surface area (Å²) in [7, 11) is 0. The molecule has 1 amide bonds. The number of rotatable bonds is 2. The predicted molar refractivity (Wildman–Crippen MR) is 86.2 cm³/mol. The maximum absolute atomic E-state index is 12.3. The zero-order chi connectivity index (χ0) is 14.4. The Balaban J connectivity index is 1.65. The third kappa shape index (κ3) is 2.19. The van der Waals surface area contributed by atoms with Gasteiger partial charge in [-0.05, 0) is 42.2 Å². The van der Waals surface area contributed by atoms with Gasteiger partial charge in [0, 0.05) is 21.8 Å². The van der Waals surface area contributed by atoms with Gasteiger partial charge in [0.25, 0.3) is 0 Å². The summed E-state index contributed by atoms with van der Waals surface area (Å²) in [6, 6.07) is 14.4. The van der Waals surface area contributed by atoms with E-state index in [1.54, 1.807) is 0 Å². The zero-order valence-electron chi connectivity index (χ0n) is 11.4. The SMILES string of the molecule is O=C1Nc2ccc(Br)cc2C1NC1CCc2ccccc21. The van der Waals surface area contributed by atoms with Gasteiger partial charge in [0.1, 0.15) is 6.04 Å². The number of halogens is 1. The van der Waals surface area contributed by atoms with Crippen molar-refractivity contribution in [1.82, 2.24) is 5.32 Å². The molecule has 0 fully saturated rings. The lowest BCUT2D eigenvalue weighted by Gasteiger charge is -2.19. The molecule has 0 saturated carbocycles. The summed E-state index contributed by atoms with van der Waals surface area (Å²) in [4.78, 5) is 12.3. The molecule has 2 aromatic carbocycles. The van der Waals surface area contributed by atoms with Crippen molar-refractivity contribution in [3.8, 4) is 0 Å². The van der Waals surface area contributed by atoms with Crippen molar-refractivity contribution in [1.29, 1.82) is 0 Å². The highest BCUT2D eigenvalue weighted by Crippen LogP contribution is 2.37. The summed E-state index contributed by atoms with van der Waals surface area (Å²) in [5.74, 6) is 0.0347. The first-order valence-electron chi connectivity index (χ1n) is 7.16. The van der Waals surface area contributed by atoms with Gasteiger partial charge in [-0.25, -0.2) is 0 Å². The van der Waals surface area contributed by atoms with E-state index >= 15 is 0 Å². The standard InChI is InChI=1S/C17H15BrN2O/c18-11-6-8-15-13(9-11)16(17(21)20-15)19-14-7-5-10-3-1-2-4-12(10)14/h1-4,6,8-9,14,16,19H,5,7H2,(H,20,21). The van der Waals surface area contributed by atoms with Crippen molar-refractivity contribution in [2.24, 2.45) is 0 Å². The Hall–Kier alpha value is -1.65. The Kier molecular flexibility index (Phi) is 3.08. The molecule has 0 spiro atoms. The number of carbonyl (C=O) groups is 1. The van der Waals surface area contributed by atoms with E-state index in [-0.39, 0.29) is 18.0 Å². The molecule has 3 nitrogen and oxygen atoms in total. The molecule has 0 aromatic heterocycles. The molecule has 2 unspecified atom stereocenters. The monoisotopic (exact) mass is 342 g/mol. The van der Waals surface area contributed by atoms with Crippen molar-refractivity contribution in [2.45, 2.75) is 24.9 Å². The second-order valence-electron chi connectivity index (χ2n) is 5.61. The molecule has 4 heteroatoms. The summed E-state index contributed by atoms with van der Waals surface area (Å²) >= 11 is 3.48. The largest absolute Gasteiger partial charge is 0.324 e. The van der Waals surface area contributed by atoms with Crippen LogP contribution in [0.3, 0.4) is 0 Å². The molecule has 2 aliphatic rings. The van der Waals surface area contributed by atoms with Crippen LogP contribution in [0.4, 0.5) is 5.69 Å². The molecule has 4 rings (SSSR count). The summed E-state index contributed by atoms with van der Waals surface area (Å²) in [6.45, 7) is 0. The van der Waals surface area contributed by atoms with Crippen LogP contribution in [0.1, 0.15) is 35.2 Å². The van der Waals surface area contributed by atoms with E-state index in [2.05, 4.69) is 50.8 Å². The molecule has 2 atom stereocenters. The van der Waals surface area contributed by atoms with Crippen LogP contribution in [0, 0.1) is 0 Å². The number of hydrogen-bond acceptors (Lipinski definition) is 2. The Morgan fingerprint density at radius 1 is 1.14 bits per heavy atom. The minimum absolute atomic E-state index is 0.0347. The Labute approximate surface area is 131 Å². The lowest BCUT2D eigenvalue weighted by atomic mass is 10.0. The van der Waals surface area contributed by atoms with E-state index in [0.717, 1.165) is 28.6 Å². The van der Waals surface area contributed by atoms with E-state index in [0.29, 0.717) is 0 Å². The summed E-state index contributed by atoms with van der Waals surface area (Å²) in [5.41, 5.74) is 4.65. The highest BCUT2D eigenvalue weighted by Gasteiger charge is 2.34. The summed E-state index contributed by atoms with van der Waals surface area (Å²) < 4.78 is 0.997. The minimum Gasteiger partial charge on any atom is -0.324 e. The fourth-order valence-corrected chi connectivity index (χ4v) is 3.71. The molecule has 2 aromatic rings. The highest BCUT2D eigenvalue weighted by atomic mass is 79.9. The summed E-state index contributed by atoms with van der Waals surface area (Å²) in [6.07, 6.45) is 2.12. The maximum atomic E-state index is 12.3. The topological polar surface area (TPSA) is 41.1 Å². The van der Waals surface area contributed by atoms with Gasteiger partial charge in [0.05, 0.1) is 0 Å². The average molecular weight is 343 g/mol. The molecule has 1 aliphatic heterocycles. The van der Waals surface area contributed by atoms with Gasteiger partial charge < -0.3 is 5.32 Å². The van der Waals surface area contributed by atoms with Gasteiger partial charge in [0.2, 0.25) is 5.91 Å². The quantitative estimate of drug-likeness (QED) is 0.873. The Morgan fingerprint density at radius 2 is 2.00 bits per heavy atom. The predicted octanol–water partition coefficient (Wildman–Crippen LogP) is 3.72. The van der Waals surface area contributed by atoms with Crippen LogP contribution in [-0.2, 0) is 11.2 Å². The zero-order valence-corrected chi connectivity index (χ0v) is 13.0. The molecule has 2 N–H and O–H groups in total. The number of nitrogens with one attached hydrogen (secondary N) is 2. The van der Waals surface area contributed by atoms with Gasteiger partial charge in [-0.3, -0.25) is 10.1 Å². The van der Waals surface area contributed by atoms with Crippen LogP contribution in [0.15, 0.2) is 46.9 Å². The van der Waals surface area contributed by atoms with Crippen LogP contribution in [-0.4, -0.2) is 5.91 Å². The second kappa shape index (κ2) is 4.97. The normalized spacial score (nSPS) is 22.8. The first kappa shape index (κ1) is 13.0. The van der Waals surface area contributed by atoms with Gasteiger partial charge in [-0.1, -0.05) is 40.2 Å². The van der Waals surface area contributed by atoms with Crippen molar-refractivity contribution < 1.29 is 4.79 Å². The lowest BCUT2D eigenvalue weighted by molar-refractivity contribution is -0.117. The molecule has 0 saturated heterocycles. The van der Waals surface area contributed by atoms with Crippen LogP contribution in [0.2, 0.25) is 0 Å². The number of carbonyl (C=O) groups excluding carboxylic acids is 1. The van der Waals surface area contributed by atoms with E-state index in [4.69, 9.17) is 0 Å². The fraction of sp³-hybridized carbons (Fsp3) is 0.235. The maximum Gasteiger partial charge on any atom is 0.246 e. The molecular formula is C17H15BrN2O. The second-order valence-corrected chi connectivity index (χ2v) is 6.53. The molecule has 1 aliphatic carbocycles. The van der Waals surface area contributed by atoms with Crippen molar-refractivity contribution in [3.05, 3.63) is 63.6 Å². The van der Waals surface area contributed by atoms with Crippen molar-refractivity contribution in [3.63, 3.8) is 0 Å². The Bertz CT molecular complexity index is 728. The number of anilines is 1. The van der Waals surface area contributed by atoms with Gasteiger partial charge in [-0.2, -0.15) is 0 Å². The minimum atomic E-state index is -0.270. The first-order chi connectivity index (χ1) is 10.2. The van der Waals surface area contributed by atoms with E-state index < -0.39 is 0 Å². The van der Waals surface area contributed by atoms with Crippen LogP contribution < -0.4 is 10.6 Å². The van der Waals surface area contributed by atoms with Crippen molar-refractivity contribution >= 4 is 27.5 Å². The smallest absolute Gasteiger partial charge is 0.246 e. The average Bonchev–Trinajstić information content (AvgIpc) is 3.02. The fourth-order valence-electron chi connectivity index (χ4n) is 3.33. The van der Waals surface area contributed by atoms with E-state index in [1.807, 2.05) is 18.2 Å². The molecule has 21 heavy (non-hydrogen) atoms. The van der Waals surface area contributed by atoms with Crippen LogP contribution >= 0.6 is 15.9 Å². The number of hydrogen-bond donors (Lipinski definition) is 2. The van der Waals surface area contributed by atoms with Gasteiger partial charge >= 0.3 is 0 Å². The molecular weight excluding hydrogens is 328 g/mol. The highest BCUT2D eigenvalue weighted by molar-refractivity contribution is 9.10.